The number of nitrogens with one attached hydrogen (secondary N) is 1. The Kier molecular flexibility index (Phi) is 8.04. The van der Waals surface area contributed by atoms with Crippen molar-refractivity contribution in [3.05, 3.63) is 23.9 Å². The maximum absolute atomic E-state index is 11.6. The van der Waals surface area contributed by atoms with Gasteiger partial charge in [0.25, 0.3) is 0 Å². The molecule has 1 amide bonds. The molecule has 0 atom stereocenters. The minimum atomic E-state index is -0.130. The fourth-order valence-corrected chi connectivity index (χ4v) is 1.40. The van der Waals surface area contributed by atoms with Crippen molar-refractivity contribution in [1.29, 1.82) is 0 Å². The number of rotatable bonds is 7. The van der Waals surface area contributed by atoms with Crippen molar-refractivity contribution in [2.75, 3.05) is 25.1 Å². The van der Waals surface area contributed by atoms with Crippen LogP contribution in [0.25, 0.3) is 0 Å². The van der Waals surface area contributed by atoms with Gasteiger partial charge in [-0.2, -0.15) is 0 Å². The van der Waals surface area contributed by atoms with E-state index >= 15 is 0 Å². The summed E-state index contributed by atoms with van der Waals surface area (Å²) in [5.74, 6) is 5.95. The van der Waals surface area contributed by atoms with Crippen molar-refractivity contribution in [2.24, 2.45) is 0 Å². The lowest BCUT2D eigenvalue weighted by atomic mass is 10.3. The third-order valence-corrected chi connectivity index (χ3v) is 2.29. The van der Waals surface area contributed by atoms with E-state index in [9.17, 15) is 4.79 Å². The summed E-state index contributed by atoms with van der Waals surface area (Å²) in [6.45, 7) is 3.13. The fraction of sp³-hybridized carbons (Fsp3) is 0.467. The van der Waals surface area contributed by atoms with Crippen LogP contribution in [0.3, 0.4) is 0 Å². The summed E-state index contributed by atoms with van der Waals surface area (Å²) in [6.07, 6.45) is 1.66. The molecule has 1 rings (SSSR count). The van der Waals surface area contributed by atoms with E-state index in [1.807, 2.05) is 6.92 Å². The van der Waals surface area contributed by atoms with Gasteiger partial charge in [-0.15, -0.1) is 0 Å². The zero-order valence-electron chi connectivity index (χ0n) is 11.7. The highest BCUT2D eigenvalue weighted by Gasteiger charge is 2.03. The highest BCUT2D eigenvalue weighted by molar-refractivity contribution is 5.89. The Labute approximate surface area is 119 Å². The normalized spacial score (nSPS) is 9.70. The van der Waals surface area contributed by atoms with Crippen LogP contribution in [0, 0.1) is 11.8 Å². The zero-order chi connectivity index (χ0) is 14.6. The second-order valence-corrected chi connectivity index (χ2v) is 4.09. The lowest BCUT2D eigenvalue weighted by Gasteiger charge is -2.05. The van der Waals surface area contributed by atoms with Gasteiger partial charge in [0.15, 0.2) is 0 Å². The first-order valence-corrected chi connectivity index (χ1v) is 6.70. The summed E-state index contributed by atoms with van der Waals surface area (Å²) in [7, 11) is 0. The molecular formula is C15H20N2O3. The molecule has 0 spiro atoms. The number of aliphatic hydroxyl groups excluding tert-OH is 1. The SMILES string of the molecule is CCCOCCC(=O)Nc1cccc(C#CCCO)n1. The molecule has 0 aromatic carbocycles. The topological polar surface area (TPSA) is 71.5 Å². The van der Waals surface area contributed by atoms with Crippen molar-refractivity contribution in [3.63, 3.8) is 0 Å². The maximum atomic E-state index is 11.6. The second-order valence-electron chi connectivity index (χ2n) is 4.09. The van der Waals surface area contributed by atoms with E-state index in [2.05, 4.69) is 22.1 Å². The summed E-state index contributed by atoms with van der Waals surface area (Å²) in [6, 6.07) is 5.24. The number of carbonyl (C=O) groups is 1. The molecule has 5 heteroatoms. The Bertz CT molecular complexity index is 477. The Hall–Kier alpha value is -1.90. The monoisotopic (exact) mass is 276 g/mol. The largest absolute Gasteiger partial charge is 0.395 e. The van der Waals surface area contributed by atoms with Crippen molar-refractivity contribution >= 4 is 11.7 Å². The molecule has 0 fully saturated rings. The molecule has 0 saturated carbocycles. The van der Waals surface area contributed by atoms with E-state index in [4.69, 9.17) is 9.84 Å². The van der Waals surface area contributed by atoms with Crippen LogP contribution in [-0.2, 0) is 9.53 Å². The number of nitrogens with zero attached hydrogens (tertiary/aromatic N) is 1. The standard InChI is InChI=1S/C15H20N2O3/c1-2-11-20-12-9-15(19)17-14-8-5-7-13(16-14)6-3-4-10-18/h5,7-8,18H,2,4,9-12H2,1H3,(H,16,17,19). The number of carbonyl (C=O) groups excluding carboxylic acids is 1. The Morgan fingerprint density at radius 3 is 3.05 bits per heavy atom. The van der Waals surface area contributed by atoms with Crippen molar-refractivity contribution in [1.82, 2.24) is 4.98 Å². The molecule has 5 nitrogen and oxygen atoms in total. The van der Waals surface area contributed by atoms with Crippen LogP contribution in [0.5, 0.6) is 0 Å². The molecule has 2 N–H and O–H groups in total. The number of aliphatic hydroxyl groups is 1. The third-order valence-electron chi connectivity index (χ3n) is 2.29. The zero-order valence-corrected chi connectivity index (χ0v) is 11.7. The number of aromatic nitrogens is 1. The first-order valence-electron chi connectivity index (χ1n) is 6.70. The van der Waals surface area contributed by atoms with Crippen molar-refractivity contribution in [3.8, 4) is 11.8 Å². The third kappa shape index (κ3) is 6.88. The van der Waals surface area contributed by atoms with Gasteiger partial charge in [0.1, 0.15) is 11.5 Å². The average molecular weight is 276 g/mol. The first-order chi connectivity index (χ1) is 9.76. The quantitative estimate of drug-likeness (QED) is 0.586. The molecule has 0 aliphatic rings. The van der Waals surface area contributed by atoms with Gasteiger partial charge < -0.3 is 15.2 Å². The van der Waals surface area contributed by atoms with E-state index in [0.717, 1.165) is 6.42 Å². The lowest BCUT2D eigenvalue weighted by Crippen LogP contribution is -2.15. The average Bonchev–Trinajstić information content (AvgIpc) is 2.44. The van der Waals surface area contributed by atoms with Crippen LogP contribution in [-0.4, -0.2) is 35.8 Å². The van der Waals surface area contributed by atoms with Crippen LogP contribution in [0.2, 0.25) is 0 Å². The smallest absolute Gasteiger partial charge is 0.227 e. The van der Waals surface area contributed by atoms with Crippen LogP contribution in [0.4, 0.5) is 5.82 Å². The van der Waals surface area contributed by atoms with Gasteiger partial charge in [0, 0.05) is 13.0 Å². The summed E-state index contributed by atoms with van der Waals surface area (Å²) in [4.78, 5) is 15.8. The van der Waals surface area contributed by atoms with Crippen LogP contribution >= 0.6 is 0 Å². The molecule has 0 saturated heterocycles. The predicted octanol–water partition coefficient (Wildman–Crippen LogP) is 1.57. The minimum absolute atomic E-state index is 0.0290. The van der Waals surface area contributed by atoms with E-state index in [1.54, 1.807) is 18.2 Å². The van der Waals surface area contributed by atoms with Crippen molar-refractivity contribution in [2.45, 2.75) is 26.2 Å². The Morgan fingerprint density at radius 2 is 2.30 bits per heavy atom. The molecule has 0 aliphatic carbocycles. The molecule has 0 bridgehead atoms. The van der Waals surface area contributed by atoms with Gasteiger partial charge in [-0.3, -0.25) is 4.79 Å². The minimum Gasteiger partial charge on any atom is -0.395 e. The molecule has 1 aromatic heterocycles. The number of hydrogen-bond donors (Lipinski definition) is 2. The molecule has 108 valence electrons. The summed E-state index contributed by atoms with van der Waals surface area (Å²) < 4.78 is 5.25. The molecule has 20 heavy (non-hydrogen) atoms. The molecule has 1 aromatic rings. The number of anilines is 1. The van der Waals surface area contributed by atoms with Crippen LogP contribution < -0.4 is 5.32 Å². The molecule has 0 radical (unpaired) electrons. The van der Waals surface area contributed by atoms with Gasteiger partial charge in [0.05, 0.1) is 19.6 Å². The summed E-state index contributed by atoms with van der Waals surface area (Å²) >= 11 is 0. The molecule has 0 aliphatic heterocycles. The molecule has 1 heterocycles. The van der Waals surface area contributed by atoms with E-state index in [1.165, 1.54) is 0 Å². The van der Waals surface area contributed by atoms with Gasteiger partial charge in [-0.1, -0.05) is 18.9 Å². The number of pyridine rings is 1. The number of ether oxygens (including phenoxy) is 1. The lowest BCUT2D eigenvalue weighted by molar-refractivity contribution is -0.117. The Balaban J connectivity index is 2.45. The Morgan fingerprint density at radius 1 is 1.45 bits per heavy atom. The van der Waals surface area contributed by atoms with Crippen LogP contribution in [0.1, 0.15) is 31.9 Å². The number of amides is 1. The summed E-state index contributed by atoms with van der Waals surface area (Å²) in [5.41, 5.74) is 0.568. The van der Waals surface area contributed by atoms with Gasteiger partial charge in [0.2, 0.25) is 5.91 Å². The highest BCUT2D eigenvalue weighted by Crippen LogP contribution is 2.04. The van der Waals surface area contributed by atoms with Crippen LogP contribution in [0.15, 0.2) is 18.2 Å². The fourth-order valence-electron chi connectivity index (χ4n) is 1.40. The maximum Gasteiger partial charge on any atom is 0.227 e. The van der Waals surface area contributed by atoms with Crippen molar-refractivity contribution < 1.29 is 14.6 Å². The van der Waals surface area contributed by atoms with Gasteiger partial charge >= 0.3 is 0 Å². The van der Waals surface area contributed by atoms with Gasteiger partial charge in [-0.05, 0) is 24.5 Å². The molecule has 0 unspecified atom stereocenters. The van der Waals surface area contributed by atoms with Gasteiger partial charge in [-0.25, -0.2) is 4.98 Å². The van der Waals surface area contributed by atoms with E-state index < -0.39 is 0 Å². The van der Waals surface area contributed by atoms with E-state index in [-0.39, 0.29) is 12.5 Å². The molecular weight excluding hydrogens is 256 g/mol. The predicted molar refractivity (Wildman–Crippen MR) is 77.2 cm³/mol. The number of hydrogen-bond acceptors (Lipinski definition) is 4. The summed E-state index contributed by atoms with van der Waals surface area (Å²) in [5, 5.41) is 11.3. The highest BCUT2D eigenvalue weighted by atomic mass is 16.5. The van der Waals surface area contributed by atoms with E-state index in [0.29, 0.717) is 37.6 Å². The second kappa shape index (κ2) is 9.96. The first kappa shape index (κ1) is 16.2.